The molecule has 4 aromatic rings. The average Bonchev–Trinajstić information content (AvgIpc) is 3.30. The van der Waals surface area contributed by atoms with Gasteiger partial charge < -0.3 is 34.9 Å². The monoisotopic (exact) mass is 545 g/mol. The first-order chi connectivity index (χ1) is 19.4. The van der Waals surface area contributed by atoms with Gasteiger partial charge in [0.2, 0.25) is 0 Å². The minimum Gasteiger partial charge on any atom is -0.497 e. The highest BCUT2D eigenvalue weighted by molar-refractivity contribution is 5.50. The van der Waals surface area contributed by atoms with Gasteiger partial charge in [-0.3, -0.25) is 4.57 Å². The third-order valence-corrected chi connectivity index (χ3v) is 7.10. The molecule has 10 heteroatoms. The van der Waals surface area contributed by atoms with E-state index in [9.17, 15) is 15.0 Å². The van der Waals surface area contributed by atoms with Crippen molar-refractivity contribution in [3.05, 3.63) is 118 Å². The third-order valence-electron chi connectivity index (χ3n) is 7.10. The largest absolute Gasteiger partial charge is 0.497 e. The maximum Gasteiger partial charge on any atom is 0.351 e. The number of anilines is 1. The summed E-state index contributed by atoms with van der Waals surface area (Å²) in [4.78, 5) is 16.7. The van der Waals surface area contributed by atoms with Gasteiger partial charge in [0.15, 0.2) is 6.23 Å². The van der Waals surface area contributed by atoms with E-state index in [1.54, 1.807) is 14.2 Å². The van der Waals surface area contributed by atoms with E-state index in [-0.39, 0.29) is 5.82 Å². The van der Waals surface area contributed by atoms with Gasteiger partial charge in [-0.2, -0.15) is 4.98 Å². The Kier molecular flexibility index (Phi) is 7.85. The van der Waals surface area contributed by atoms with E-state index >= 15 is 0 Å². The van der Waals surface area contributed by atoms with Crippen LogP contribution in [0.15, 0.2) is 95.9 Å². The lowest BCUT2D eigenvalue weighted by molar-refractivity contribution is -0.124. The Morgan fingerprint density at radius 2 is 1.45 bits per heavy atom. The van der Waals surface area contributed by atoms with E-state index in [0.717, 1.165) is 16.7 Å². The Bertz CT molecular complexity index is 1430. The number of nitrogens with zero attached hydrogens (tertiary/aromatic N) is 2. The Morgan fingerprint density at radius 3 is 1.95 bits per heavy atom. The second-order valence-electron chi connectivity index (χ2n) is 9.37. The summed E-state index contributed by atoms with van der Waals surface area (Å²) in [5.74, 6) is 1.36. The van der Waals surface area contributed by atoms with E-state index in [4.69, 9.17) is 24.7 Å². The van der Waals surface area contributed by atoms with Gasteiger partial charge in [0.25, 0.3) is 0 Å². The second-order valence-corrected chi connectivity index (χ2v) is 9.37. The molecule has 0 bridgehead atoms. The molecular formula is C30H31N3O7. The molecule has 0 radical (unpaired) electrons. The lowest BCUT2D eigenvalue weighted by Gasteiger charge is -2.40. The molecule has 4 atom stereocenters. The number of methoxy groups -OCH3 is 2. The number of aliphatic hydroxyl groups excluding tert-OH is 2. The predicted molar refractivity (Wildman–Crippen MR) is 147 cm³/mol. The quantitative estimate of drug-likeness (QED) is 0.271. The summed E-state index contributed by atoms with van der Waals surface area (Å²) in [6, 6.07) is 25.8. The maximum absolute atomic E-state index is 12.9. The highest BCUT2D eigenvalue weighted by atomic mass is 16.6. The van der Waals surface area contributed by atoms with Crippen LogP contribution in [-0.2, 0) is 15.1 Å². The summed E-state index contributed by atoms with van der Waals surface area (Å²) >= 11 is 0. The van der Waals surface area contributed by atoms with Crippen LogP contribution >= 0.6 is 0 Å². The highest BCUT2D eigenvalue weighted by Crippen LogP contribution is 2.46. The number of ether oxygens (including phenoxy) is 4. The van der Waals surface area contributed by atoms with Crippen LogP contribution in [0.3, 0.4) is 0 Å². The number of rotatable bonds is 9. The fourth-order valence-electron chi connectivity index (χ4n) is 5.07. The predicted octanol–water partition coefficient (Wildman–Crippen LogP) is 2.47. The lowest BCUT2D eigenvalue weighted by Crippen LogP contribution is -2.45. The molecule has 0 unspecified atom stereocenters. The second kappa shape index (κ2) is 11.5. The van der Waals surface area contributed by atoms with Crippen LogP contribution in [0.4, 0.5) is 5.82 Å². The summed E-state index contributed by atoms with van der Waals surface area (Å²) in [5.41, 5.74) is 5.94. The Labute approximate surface area is 231 Å². The molecule has 1 fully saturated rings. The molecule has 4 N–H and O–H groups in total. The molecule has 0 aliphatic carbocycles. The van der Waals surface area contributed by atoms with Gasteiger partial charge in [0.1, 0.15) is 41.2 Å². The minimum atomic E-state index is -1.30. The van der Waals surface area contributed by atoms with Crippen molar-refractivity contribution in [2.75, 3.05) is 26.6 Å². The summed E-state index contributed by atoms with van der Waals surface area (Å²) in [7, 11) is 3.17. The molecule has 40 heavy (non-hydrogen) atoms. The molecule has 0 saturated carbocycles. The normalized spacial score (nSPS) is 20.8. The first-order valence-electron chi connectivity index (χ1n) is 12.7. The Balaban J connectivity index is 1.74. The van der Waals surface area contributed by atoms with E-state index in [2.05, 4.69) is 4.98 Å². The van der Waals surface area contributed by atoms with E-state index in [1.807, 2.05) is 78.9 Å². The smallest absolute Gasteiger partial charge is 0.351 e. The number of aliphatic hydroxyl groups is 2. The first-order valence-corrected chi connectivity index (χ1v) is 12.7. The van der Waals surface area contributed by atoms with Crippen molar-refractivity contribution >= 4 is 5.82 Å². The lowest BCUT2D eigenvalue weighted by atomic mass is 9.79. The Morgan fingerprint density at radius 1 is 0.900 bits per heavy atom. The number of benzene rings is 3. The van der Waals surface area contributed by atoms with Crippen molar-refractivity contribution in [1.82, 2.24) is 9.55 Å². The first kappa shape index (κ1) is 27.4. The van der Waals surface area contributed by atoms with Crippen molar-refractivity contribution in [2.45, 2.75) is 30.1 Å². The van der Waals surface area contributed by atoms with Crippen molar-refractivity contribution < 1.29 is 29.2 Å². The number of hydrogen-bond acceptors (Lipinski definition) is 9. The van der Waals surface area contributed by atoms with E-state index in [0.29, 0.717) is 11.5 Å². The number of nitrogen functional groups attached to an aromatic ring is 1. The zero-order valence-corrected chi connectivity index (χ0v) is 22.1. The SMILES string of the molecule is COc1ccc(C(O[C@H]2[C@H](O)[C@@H](CO)O[C@H]2n2ccc(N)nc2=O)(c2ccccc2)c2ccc(OC)cc2)cc1. The van der Waals surface area contributed by atoms with Crippen LogP contribution in [0.5, 0.6) is 11.5 Å². The summed E-state index contributed by atoms with van der Waals surface area (Å²) in [6.45, 7) is -0.488. The van der Waals surface area contributed by atoms with Crippen molar-refractivity contribution in [1.29, 1.82) is 0 Å². The van der Waals surface area contributed by atoms with Crippen LogP contribution in [0.25, 0.3) is 0 Å². The zero-order chi connectivity index (χ0) is 28.3. The van der Waals surface area contributed by atoms with Gasteiger partial charge in [0.05, 0.1) is 20.8 Å². The third kappa shape index (κ3) is 4.93. The average molecular weight is 546 g/mol. The van der Waals surface area contributed by atoms with Crippen LogP contribution in [-0.4, -0.2) is 58.9 Å². The fraction of sp³-hybridized carbons (Fsp3) is 0.267. The molecule has 5 rings (SSSR count). The van der Waals surface area contributed by atoms with Gasteiger partial charge in [-0.1, -0.05) is 54.6 Å². The number of aromatic nitrogens is 2. The molecule has 1 aliphatic heterocycles. The van der Waals surface area contributed by atoms with Gasteiger partial charge in [-0.15, -0.1) is 0 Å². The molecule has 0 spiro atoms. The van der Waals surface area contributed by atoms with E-state index in [1.165, 1.54) is 16.8 Å². The van der Waals surface area contributed by atoms with Crippen molar-refractivity contribution in [3.8, 4) is 11.5 Å². The van der Waals surface area contributed by atoms with Gasteiger partial charge in [-0.05, 0) is 47.0 Å². The van der Waals surface area contributed by atoms with Crippen LogP contribution < -0.4 is 20.9 Å². The van der Waals surface area contributed by atoms with Gasteiger partial charge in [-0.25, -0.2) is 4.79 Å². The number of nitrogens with two attached hydrogens (primary N) is 1. The molecule has 1 aliphatic rings. The van der Waals surface area contributed by atoms with Gasteiger partial charge >= 0.3 is 5.69 Å². The minimum absolute atomic E-state index is 0.0473. The van der Waals surface area contributed by atoms with Crippen molar-refractivity contribution in [3.63, 3.8) is 0 Å². The van der Waals surface area contributed by atoms with E-state index < -0.39 is 42.4 Å². The zero-order valence-electron chi connectivity index (χ0n) is 22.1. The van der Waals surface area contributed by atoms with Crippen molar-refractivity contribution in [2.24, 2.45) is 0 Å². The standard InChI is InChI=1S/C30H31N3O7/c1-37-22-12-8-20(9-13-22)30(19-6-4-3-5-7-19,21-10-14-23(38-2)15-11-21)40-27-26(35)24(18-34)39-28(27)33-17-16-25(31)32-29(33)36/h3-17,24,26-28,34-35H,18H2,1-2H3,(H2,31,32,36)/t24-,26-,27+,28-/m1/s1. The fourth-order valence-corrected chi connectivity index (χ4v) is 5.07. The molecule has 208 valence electrons. The Hall–Kier alpha value is -4.22. The summed E-state index contributed by atoms with van der Waals surface area (Å²) in [5, 5.41) is 21.4. The summed E-state index contributed by atoms with van der Waals surface area (Å²) in [6.07, 6.45) is -3.11. The van der Waals surface area contributed by atoms with Crippen LogP contribution in [0.1, 0.15) is 22.9 Å². The molecule has 3 aromatic carbocycles. The molecule has 1 aromatic heterocycles. The molecule has 2 heterocycles. The number of hydrogen-bond donors (Lipinski definition) is 3. The van der Waals surface area contributed by atoms with Gasteiger partial charge in [0, 0.05) is 6.20 Å². The summed E-state index contributed by atoms with van der Waals surface area (Å²) < 4.78 is 25.0. The molecule has 1 saturated heterocycles. The van der Waals surface area contributed by atoms with Crippen LogP contribution in [0, 0.1) is 0 Å². The molecule has 0 amide bonds. The maximum atomic E-state index is 12.9. The highest BCUT2D eigenvalue weighted by Gasteiger charge is 2.51. The molecular weight excluding hydrogens is 514 g/mol. The molecule has 10 nitrogen and oxygen atoms in total. The topological polar surface area (TPSA) is 138 Å². The van der Waals surface area contributed by atoms with Crippen LogP contribution in [0.2, 0.25) is 0 Å².